The highest BCUT2D eigenvalue weighted by atomic mass is 16.4. The summed E-state index contributed by atoms with van der Waals surface area (Å²) < 4.78 is 0. The lowest BCUT2D eigenvalue weighted by molar-refractivity contribution is 0.0697. The third-order valence-corrected chi connectivity index (χ3v) is 1.81. The Labute approximate surface area is 87.6 Å². The third-order valence-electron chi connectivity index (χ3n) is 1.81. The molecular weight excluding hydrogens is 194 g/mol. The molecule has 0 spiro atoms. The van der Waals surface area contributed by atoms with E-state index in [1.165, 1.54) is 17.1 Å². The minimum absolute atomic E-state index is 0.229. The van der Waals surface area contributed by atoms with Gasteiger partial charge in [0.05, 0.1) is 11.3 Å². The number of carbonyl (C=O) groups is 1. The van der Waals surface area contributed by atoms with Crippen LogP contribution in [-0.2, 0) is 0 Å². The van der Waals surface area contributed by atoms with Gasteiger partial charge in [0.25, 0.3) is 0 Å². The van der Waals surface area contributed by atoms with E-state index in [1.54, 1.807) is 25.4 Å². The monoisotopic (exact) mass is 207 g/mol. The second-order valence-electron chi connectivity index (χ2n) is 3.13. The van der Waals surface area contributed by atoms with Crippen molar-refractivity contribution < 1.29 is 9.90 Å². The number of aromatic carboxylic acids is 1. The van der Waals surface area contributed by atoms with Gasteiger partial charge in [-0.1, -0.05) is 12.1 Å². The smallest absolute Gasteiger partial charge is 0.335 e. The van der Waals surface area contributed by atoms with Crippen molar-refractivity contribution in [3.63, 3.8) is 0 Å². The summed E-state index contributed by atoms with van der Waals surface area (Å²) in [5, 5.41) is 10.0. The van der Waals surface area contributed by atoms with Gasteiger partial charge in [-0.15, -0.1) is 0 Å². The van der Waals surface area contributed by atoms with Crippen LogP contribution in [-0.4, -0.2) is 23.1 Å². The Morgan fingerprint density at radius 3 is 2.20 bits per heavy atom. The van der Waals surface area contributed by atoms with Gasteiger partial charge in [0.1, 0.15) is 0 Å². The second-order valence-corrected chi connectivity index (χ2v) is 3.13. The van der Waals surface area contributed by atoms with E-state index < -0.39 is 5.97 Å². The maximum Gasteiger partial charge on any atom is 0.335 e. The predicted octanol–water partition coefficient (Wildman–Crippen LogP) is 0.447. The first-order valence-corrected chi connectivity index (χ1v) is 4.29. The lowest BCUT2D eigenvalue weighted by Crippen LogP contribution is -2.20. The van der Waals surface area contributed by atoms with E-state index in [0.29, 0.717) is 5.70 Å². The molecule has 15 heavy (non-hydrogen) atoms. The van der Waals surface area contributed by atoms with Crippen LogP contribution in [0.5, 0.6) is 0 Å². The van der Waals surface area contributed by atoms with Gasteiger partial charge >= 0.3 is 5.97 Å². The highest BCUT2D eigenvalue weighted by Crippen LogP contribution is 2.10. The van der Waals surface area contributed by atoms with Gasteiger partial charge < -0.3 is 15.8 Å². The fourth-order valence-electron chi connectivity index (χ4n) is 1.10. The van der Waals surface area contributed by atoms with Crippen LogP contribution >= 0.6 is 0 Å². The van der Waals surface area contributed by atoms with Gasteiger partial charge in [-0.2, -0.15) is 0 Å². The van der Waals surface area contributed by atoms with E-state index in [4.69, 9.17) is 16.7 Å². The Morgan fingerprint density at radius 1 is 1.33 bits per heavy atom. The minimum Gasteiger partial charge on any atom is -0.478 e. The summed E-state index contributed by atoms with van der Waals surface area (Å²) in [5.41, 5.74) is 7.16. The molecular formula is C10H13N3O2. The molecule has 0 aliphatic heterocycles. The Bertz CT molecular complexity index is 382. The molecule has 0 heterocycles. The number of nitrogens with zero attached hydrogens (tertiary/aromatic N) is 1. The van der Waals surface area contributed by atoms with Gasteiger partial charge in [-0.3, -0.25) is 0 Å². The van der Waals surface area contributed by atoms with Crippen molar-refractivity contribution in [2.75, 3.05) is 7.05 Å². The van der Waals surface area contributed by atoms with Crippen molar-refractivity contribution in [2.24, 2.45) is 11.6 Å². The zero-order valence-electron chi connectivity index (χ0n) is 8.34. The molecule has 5 heteroatoms. The van der Waals surface area contributed by atoms with Crippen molar-refractivity contribution >= 4 is 11.7 Å². The number of carboxylic acid groups (broad SMARTS) is 1. The van der Waals surface area contributed by atoms with Crippen LogP contribution in [0.3, 0.4) is 0 Å². The minimum atomic E-state index is -0.958. The maximum atomic E-state index is 10.6. The van der Waals surface area contributed by atoms with E-state index in [0.717, 1.165) is 5.56 Å². The molecule has 5 N–H and O–H groups in total. The average molecular weight is 207 g/mol. The quantitative estimate of drug-likeness (QED) is 0.494. The molecule has 1 aromatic rings. The van der Waals surface area contributed by atoms with Crippen LogP contribution < -0.4 is 11.6 Å². The number of rotatable bonds is 3. The first kappa shape index (κ1) is 11.1. The number of carboxylic acids is 1. The summed E-state index contributed by atoms with van der Waals surface area (Å²) in [4.78, 5) is 10.6. The van der Waals surface area contributed by atoms with Gasteiger partial charge in [-0.05, 0) is 17.7 Å². The van der Waals surface area contributed by atoms with Crippen LogP contribution in [0, 0.1) is 0 Å². The number of hydrogen-bond donors (Lipinski definition) is 3. The molecule has 1 rings (SSSR count). The van der Waals surface area contributed by atoms with Crippen LogP contribution in [0.2, 0.25) is 0 Å². The van der Waals surface area contributed by atoms with Crippen molar-refractivity contribution in [2.45, 2.75) is 0 Å². The second kappa shape index (κ2) is 4.47. The average Bonchev–Trinajstić information content (AvgIpc) is 2.17. The van der Waals surface area contributed by atoms with Gasteiger partial charge in [0.15, 0.2) is 0 Å². The zero-order valence-corrected chi connectivity index (χ0v) is 8.34. The first-order valence-electron chi connectivity index (χ1n) is 4.29. The molecule has 0 unspecified atom stereocenters. The zero-order chi connectivity index (χ0) is 11.4. The van der Waals surface area contributed by atoms with E-state index in [9.17, 15) is 4.79 Å². The molecule has 0 atom stereocenters. The molecule has 0 fully saturated rings. The SMILES string of the molecule is CN(N)/C=C(\N)c1ccc(C(=O)O)cc1. The maximum absolute atomic E-state index is 10.6. The predicted molar refractivity (Wildman–Crippen MR) is 57.5 cm³/mol. The highest BCUT2D eigenvalue weighted by Gasteiger charge is 2.02. The molecule has 1 aromatic carbocycles. The number of benzene rings is 1. The molecule has 0 radical (unpaired) electrons. The van der Waals surface area contributed by atoms with E-state index in [-0.39, 0.29) is 5.56 Å². The molecule has 0 amide bonds. The molecule has 0 aromatic heterocycles. The summed E-state index contributed by atoms with van der Waals surface area (Å²) >= 11 is 0. The van der Waals surface area contributed by atoms with Crippen LogP contribution in [0.25, 0.3) is 5.70 Å². The molecule has 0 saturated heterocycles. The fourth-order valence-corrected chi connectivity index (χ4v) is 1.10. The Morgan fingerprint density at radius 2 is 1.80 bits per heavy atom. The summed E-state index contributed by atoms with van der Waals surface area (Å²) in [6.45, 7) is 0. The summed E-state index contributed by atoms with van der Waals surface area (Å²) in [6.07, 6.45) is 1.55. The van der Waals surface area contributed by atoms with Gasteiger partial charge in [0.2, 0.25) is 0 Å². The van der Waals surface area contributed by atoms with Gasteiger partial charge in [-0.25, -0.2) is 10.6 Å². The Hall–Kier alpha value is -2.01. The van der Waals surface area contributed by atoms with Crippen molar-refractivity contribution in [3.8, 4) is 0 Å². The van der Waals surface area contributed by atoms with E-state index >= 15 is 0 Å². The van der Waals surface area contributed by atoms with Crippen molar-refractivity contribution in [3.05, 3.63) is 41.6 Å². The first-order chi connectivity index (χ1) is 7.00. The number of hydrazine groups is 1. The van der Waals surface area contributed by atoms with E-state index in [2.05, 4.69) is 0 Å². The van der Waals surface area contributed by atoms with Crippen LogP contribution in [0.1, 0.15) is 15.9 Å². The molecule has 0 saturated carbocycles. The van der Waals surface area contributed by atoms with Gasteiger partial charge in [0, 0.05) is 13.2 Å². The summed E-state index contributed by atoms with van der Waals surface area (Å²) in [6, 6.07) is 6.27. The highest BCUT2D eigenvalue weighted by molar-refractivity contribution is 5.88. The number of nitrogens with two attached hydrogens (primary N) is 2. The van der Waals surface area contributed by atoms with Crippen LogP contribution in [0.15, 0.2) is 30.5 Å². The third kappa shape index (κ3) is 2.99. The molecule has 5 nitrogen and oxygen atoms in total. The topological polar surface area (TPSA) is 92.6 Å². The normalized spacial score (nSPS) is 11.2. The Kier molecular flexibility index (Phi) is 3.30. The molecule has 0 aliphatic rings. The largest absolute Gasteiger partial charge is 0.478 e. The van der Waals surface area contributed by atoms with Crippen molar-refractivity contribution in [1.82, 2.24) is 5.01 Å². The van der Waals surface area contributed by atoms with E-state index in [1.807, 2.05) is 0 Å². The molecule has 80 valence electrons. The van der Waals surface area contributed by atoms with Crippen LogP contribution in [0.4, 0.5) is 0 Å². The number of hydrogen-bond acceptors (Lipinski definition) is 4. The Balaban J connectivity index is 2.94. The summed E-state index contributed by atoms with van der Waals surface area (Å²) in [5.74, 6) is 4.43. The standard InChI is InChI=1S/C10H13N3O2/c1-13(12)6-9(11)7-2-4-8(5-3-7)10(14)15/h2-6H,11-12H2,1H3,(H,14,15)/b9-6-. The fraction of sp³-hybridized carbons (Fsp3) is 0.100. The lowest BCUT2D eigenvalue weighted by Gasteiger charge is -2.08. The van der Waals surface area contributed by atoms with Crippen molar-refractivity contribution in [1.29, 1.82) is 0 Å². The molecule has 0 bridgehead atoms. The summed E-state index contributed by atoms with van der Waals surface area (Å²) in [7, 11) is 1.65. The molecule has 0 aliphatic carbocycles. The lowest BCUT2D eigenvalue weighted by atomic mass is 10.1.